The zero-order chi connectivity index (χ0) is 13.8. The van der Waals surface area contributed by atoms with Crippen molar-refractivity contribution in [2.24, 2.45) is 0 Å². The molecule has 2 aromatic rings. The first-order valence-electron chi connectivity index (χ1n) is 5.96. The van der Waals surface area contributed by atoms with Crippen LogP contribution >= 0.6 is 0 Å². The van der Waals surface area contributed by atoms with E-state index in [0.29, 0.717) is 29.6 Å². The van der Waals surface area contributed by atoms with Gasteiger partial charge in [0.1, 0.15) is 5.82 Å². The number of aryl methyl sites for hydroxylation is 1. The molecule has 0 bridgehead atoms. The summed E-state index contributed by atoms with van der Waals surface area (Å²) >= 11 is 0. The first kappa shape index (κ1) is 13.4. The fraction of sp³-hybridized carbons (Fsp3) is 0.286. The Kier molecular flexibility index (Phi) is 4.06. The Hall–Kier alpha value is -2.01. The number of benzene rings is 1. The SMILES string of the molecule is COCCNC(=O)c1cc(C)nc2ccc(F)cc12. The molecule has 1 N–H and O–H groups in total. The highest BCUT2D eigenvalue weighted by Gasteiger charge is 2.12. The quantitative estimate of drug-likeness (QED) is 0.858. The Morgan fingerprint density at radius 1 is 1.42 bits per heavy atom. The summed E-state index contributed by atoms with van der Waals surface area (Å²) in [5.41, 5.74) is 1.76. The molecule has 0 unspecified atom stereocenters. The number of hydrogen-bond donors (Lipinski definition) is 1. The number of pyridine rings is 1. The van der Waals surface area contributed by atoms with Crippen LogP contribution < -0.4 is 5.32 Å². The van der Waals surface area contributed by atoms with E-state index in [4.69, 9.17) is 4.74 Å². The number of ether oxygens (including phenoxy) is 1. The smallest absolute Gasteiger partial charge is 0.252 e. The molecule has 0 fully saturated rings. The van der Waals surface area contributed by atoms with Crippen LogP contribution in [0.25, 0.3) is 10.9 Å². The van der Waals surface area contributed by atoms with E-state index in [1.807, 2.05) is 0 Å². The number of methoxy groups -OCH3 is 1. The van der Waals surface area contributed by atoms with Gasteiger partial charge in [-0.3, -0.25) is 9.78 Å². The molecule has 4 nitrogen and oxygen atoms in total. The normalized spacial score (nSPS) is 10.7. The van der Waals surface area contributed by atoms with E-state index < -0.39 is 0 Å². The number of nitrogens with one attached hydrogen (secondary N) is 1. The number of amides is 1. The Balaban J connectivity index is 2.40. The molecular formula is C14H15FN2O2. The largest absolute Gasteiger partial charge is 0.383 e. The molecule has 0 saturated carbocycles. The summed E-state index contributed by atoms with van der Waals surface area (Å²) in [4.78, 5) is 16.4. The molecule has 0 atom stereocenters. The van der Waals surface area contributed by atoms with E-state index in [9.17, 15) is 9.18 Å². The lowest BCUT2D eigenvalue weighted by atomic mass is 10.1. The van der Waals surface area contributed by atoms with Crippen LogP contribution in [0, 0.1) is 12.7 Å². The van der Waals surface area contributed by atoms with Gasteiger partial charge in [0, 0.05) is 24.7 Å². The standard InChI is InChI=1S/C14H15FN2O2/c1-9-7-12(14(18)16-5-6-19-2)11-8-10(15)3-4-13(11)17-9/h3-4,7-8H,5-6H2,1-2H3,(H,16,18). The van der Waals surface area contributed by atoms with Gasteiger partial charge >= 0.3 is 0 Å². The summed E-state index contributed by atoms with van der Waals surface area (Å²) in [6.07, 6.45) is 0. The molecule has 1 aromatic carbocycles. The van der Waals surface area contributed by atoms with E-state index in [2.05, 4.69) is 10.3 Å². The minimum absolute atomic E-state index is 0.252. The van der Waals surface area contributed by atoms with Crippen LogP contribution in [0.3, 0.4) is 0 Å². The van der Waals surface area contributed by atoms with Crippen molar-refractivity contribution < 1.29 is 13.9 Å². The summed E-state index contributed by atoms with van der Waals surface area (Å²) < 4.78 is 18.2. The second-order valence-electron chi connectivity index (χ2n) is 4.22. The van der Waals surface area contributed by atoms with Gasteiger partial charge in [-0.25, -0.2) is 4.39 Å². The van der Waals surface area contributed by atoms with Crippen LogP contribution in [0.5, 0.6) is 0 Å². The third-order valence-electron chi connectivity index (χ3n) is 2.74. The Morgan fingerprint density at radius 2 is 2.21 bits per heavy atom. The first-order chi connectivity index (χ1) is 9.11. The van der Waals surface area contributed by atoms with Crippen molar-refractivity contribution in [3.63, 3.8) is 0 Å². The number of nitrogens with zero attached hydrogens (tertiary/aromatic N) is 1. The Labute approximate surface area is 110 Å². The molecule has 0 saturated heterocycles. The summed E-state index contributed by atoms with van der Waals surface area (Å²) in [7, 11) is 1.56. The third kappa shape index (κ3) is 3.06. The van der Waals surface area contributed by atoms with E-state index in [1.54, 1.807) is 26.2 Å². The van der Waals surface area contributed by atoms with Crippen LogP contribution in [0.4, 0.5) is 4.39 Å². The van der Waals surface area contributed by atoms with E-state index in [1.165, 1.54) is 12.1 Å². The lowest BCUT2D eigenvalue weighted by Gasteiger charge is -2.09. The van der Waals surface area contributed by atoms with Crippen LogP contribution in [0.1, 0.15) is 16.1 Å². The molecule has 1 aromatic heterocycles. The summed E-state index contributed by atoms with van der Waals surface area (Å²) in [6.45, 7) is 2.64. The number of halogens is 1. The maximum absolute atomic E-state index is 13.3. The van der Waals surface area contributed by atoms with Gasteiger partial charge in [0.25, 0.3) is 5.91 Å². The molecule has 19 heavy (non-hydrogen) atoms. The third-order valence-corrected chi connectivity index (χ3v) is 2.74. The molecule has 100 valence electrons. The van der Waals surface area contributed by atoms with E-state index in [0.717, 1.165) is 5.69 Å². The van der Waals surface area contributed by atoms with Gasteiger partial charge in [-0.05, 0) is 31.2 Å². The minimum atomic E-state index is -0.385. The van der Waals surface area contributed by atoms with Crippen molar-refractivity contribution in [3.8, 4) is 0 Å². The van der Waals surface area contributed by atoms with Crippen molar-refractivity contribution >= 4 is 16.8 Å². The monoisotopic (exact) mass is 262 g/mol. The molecule has 2 rings (SSSR count). The summed E-state index contributed by atoms with van der Waals surface area (Å²) in [5, 5.41) is 3.24. The predicted octanol–water partition coefficient (Wildman–Crippen LogP) is 2.06. The second-order valence-corrected chi connectivity index (χ2v) is 4.22. The summed E-state index contributed by atoms with van der Waals surface area (Å²) in [6, 6.07) is 5.89. The predicted molar refractivity (Wildman–Crippen MR) is 70.6 cm³/mol. The number of hydrogen-bond acceptors (Lipinski definition) is 3. The van der Waals surface area contributed by atoms with Gasteiger partial charge in [-0.15, -0.1) is 0 Å². The van der Waals surface area contributed by atoms with Crippen molar-refractivity contribution in [3.05, 3.63) is 41.3 Å². The summed E-state index contributed by atoms with van der Waals surface area (Å²) in [5.74, 6) is -0.637. The molecule has 0 aliphatic heterocycles. The Bertz CT molecular complexity index is 614. The zero-order valence-electron chi connectivity index (χ0n) is 10.9. The Morgan fingerprint density at radius 3 is 2.95 bits per heavy atom. The molecule has 1 amide bonds. The number of rotatable bonds is 4. The maximum atomic E-state index is 13.3. The lowest BCUT2D eigenvalue weighted by molar-refractivity contribution is 0.0938. The van der Waals surface area contributed by atoms with Crippen LogP contribution in [-0.2, 0) is 4.74 Å². The average Bonchev–Trinajstić information content (AvgIpc) is 2.38. The first-order valence-corrected chi connectivity index (χ1v) is 5.96. The van der Waals surface area contributed by atoms with Gasteiger partial charge in [0.05, 0.1) is 17.7 Å². The maximum Gasteiger partial charge on any atom is 0.252 e. The van der Waals surface area contributed by atoms with Gasteiger partial charge in [-0.2, -0.15) is 0 Å². The van der Waals surface area contributed by atoms with Crippen molar-refractivity contribution in [2.75, 3.05) is 20.3 Å². The van der Waals surface area contributed by atoms with Crippen LogP contribution in [-0.4, -0.2) is 31.2 Å². The zero-order valence-corrected chi connectivity index (χ0v) is 10.9. The van der Waals surface area contributed by atoms with Crippen molar-refractivity contribution in [1.82, 2.24) is 10.3 Å². The molecule has 0 radical (unpaired) electrons. The van der Waals surface area contributed by atoms with E-state index in [-0.39, 0.29) is 11.7 Å². The molecule has 1 heterocycles. The fourth-order valence-electron chi connectivity index (χ4n) is 1.88. The van der Waals surface area contributed by atoms with Crippen LogP contribution in [0.2, 0.25) is 0 Å². The minimum Gasteiger partial charge on any atom is -0.383 e. The second kappa shape index (κ2) is 5.75. The average molecular weight is 262 g/mol. The highest BCUT2D eigenvalue weighted by molar-refractivity contribution is 6.06. The fourth-order valence-corrected chi connectivity index (χ4v) is 1.88. The number of carbonyl (C=O) groups excluding carboxylic acids is 1. The van der Waals surface area contributed by atoms with Gasteiger partial charge < -0.3 is 10.1 Å². The van der Waals surface area contributed by atoms with Crippen LogP contribution in [0.15, 0.2) is 24.3 Å². The van der Waals surface area contributed by atoms with Gasteiger partial charge in [0.2, 0.25) is 0 Å². The number of fused-ring (bicyclic) bond motifs is 1. The number of aromatic nitrogens is 1. The lowest BCUT2D eigenvalue weighted by Crippen LogP contribution is -2.27. The highest BCUT2D eigenvalue weighted by Crippen LogP contribution is 2.19. The number of carbonyl (C=O) groups is 1. The van der Waals surface area contributed by atoms with Crippen molar-refractivity contribution in [1.29, 1.82) is 0 Å². The topological polar surface area (TPSA) is 51.2 Å². The molecule has 0 aliphatic carbocycles. The molecular weight excluding hydrogens is 247 g/mol. The van der Waals surface area contributed by atoms with E-state index >= 15 is 0 Å². The van der Waals surface area contributed by atoms with Gasteiger partial charge in [0.15, 0.2) is 0 Å². The molecule has 0 spiro atoms. The van der Waals surface area contributed by atoms with Crippen molar-refractivity contribution in [2.45, 2.75) is 6.92 Å². The van der Waals surface area contributed by atoms with Gasteiger partial charge in [-0.1, -0.05) is 0 Å². The highest BCUT2D eigenvalue weighted by atomic mass is 19.1. The molecule has 0 aliphatic rings. The molecule has 5 heteroatoms.